The van der Waals surface area contributed by atoms with Crippen LogP contribution in [0.1, 0.15) is 23.2 Å². The van der Waals surface area contributed by atoms with Crippen LogP contribution in [0.5, 0.6) is 0 Å². The first-order chi connectivity index (χ1) is 7.09. The highest BCUT2D eigenvalue weighted by Crippen LogP contribution is 2.31. The van der Waals surface area contributed by atoms with Crippen LogP contribution < -0.4 is 10.6 Å². The summed E-state index contributed by atoms with van der Waals surface area (Å²) in [5.41, 5.74) is 7.16. The molecule has 3 N–H and O–H groups in total. The Hall–Kier alpha value is -1.71. The van der Waals surface area contributed by atoms with Gasteiger partial charge in [-0.3, -0.25) is 0 Å². The SMILES string of the molecule is CN(c1ccc(C(=O)O)c(N)c1)C1CC1. The van der Waals surface area contributed by atoms with E-state index in [2.05, 4.69) is 4.90 Å². The third-order valence-electron chi connectivity index (χ3n) is 2.77. The fourth-order valence-corrected chi connectivity index (χ4v) is 1.64. The molecule has 0 saturated heterocycles. The highest BCUT2D eigenvalue weighted by Gasteiger charge is 2.26. The second-order valence-corrected chi connectivity index (χ2v) is 3.92. The molecule has 80 valence electrons. The van der Waals surface area contributed by atoms with E-state index in [4.69, 9.17) is 10.8 Å². The minimum atomic E-state index is -0.979. The summed E-state index contributed by atoms with van der Waals surface area (Å²) < 4.78 is 0. The van der Waals surface area contributed by atoms with Gasteiger partial charge in [-0.25, -0.2) is 4.79 Å². The van der Waals surface area contributed by atoms with Gasteiger partial charge in [-0.1, -0.05) is 0 Å². The minimum Gasteiger partial charge on any atom is -0.478 e. The van der Waals surface area contributed by atoms with Crippen molar-refractivity contribution in [3.8, 4) is 0 Å². The average Bonchev–Trinajstić information content (AvgIpc) is 2.99. The van der Waals surface area contributed by atoms with E-state index in [1.807, 2.05) is 7.05 Å². The van der Waals surface area contributed by atoms with Gasteiger partial charge in [-0.05, 0) is 31.0 Å². The Bertz CT molecular complexity index is 400. The van der Waals surface area contributed by atoms with Gasteiger partial charge in [0.05, 0.1) is 5.56 Å². The van der Waals surface area contributed by atoms with Crippen molar-refractivity contribution < 1.29 is 9.90 Å². The number of carboxylic acid groups (broad SMARTS) is 1. The minimum absolute atomic E-state index is 0.169. The fraction of sp³-hybridized carbons (Fsp3) is 0.364. The highest BCUT2D eigenvalue weighted by molar-refractivity contribution is 5.94. The van der Waals surface area contributed by atoms with Crippen molar-refractivity contribution in [2.75, 3.05) is 17.7 Å². The molecule has 0 amide bonds. The van der Waals surface area contributed by atoms with Gasteiger partial charge in [0, 0.05) is 24.5 Å². The Morgan fingerprint density at radius 1 is 1.53 bits per heavy atom. The van der Waals surface area contributed by atoms with Crippen molar-refractivity contribution in [1.29, 1.82) is 0 Å². The lowest BCUT2D eigenvalue weighted by atomic mass is 10.1. The molecule has 0 radical (unpaired) electrons. The van der Waals surface area contributed by atoms with Crippen LogP contribution in [0.25, 0.3) is 0 Å². The van der Waals surface area contributed by atoms with E-state index < -0.39 is 5.97 Å². The zero-order chi connectivity index (χ0) is 11.0. The molecule has 15 heavy (non-hydrogen) atoms. The van der Waals surface area contributed by atoms with E-state index in [-0.39, 0.29) is 5.56 Å². The number of anilines is 2. The average molecular weight is 206 g/mol. The number of nitrogen functional groups attached to an aromatic ring is 1. The van der Waals surface area contributed by atoms with Crippen molar-refractivity contribution in [2.45, 2.75) is 18.9 Å². The molecule has 4 nitrogen and oxygen atoms in total. The monoisotopic (exact) mass is 206 g/mol. The van der Waals surface area contributed by atoms with Crippen LogP contribution in [-0.4, -0.2) is 24.2 Å². The summed E-state index contributed by atoms with van der Waals surface area (Å²) in [5.74, 6) is -0.979. The van der Waals surface area contributed by atoms with E-state index >= 15 is 0 Å². The lowest BCUT2D eigenvalue weighted by molar-refractivity contribution is 0.0698. The van der Waals surface area contributed by atoms with Gasteiger partial charge in [0.25, 0.3) is 0 Å². The zero-order valence-electron chi connectivity index (χ0n) is 8.60. The lowest BCUT2D eigenvalue weighted by Crippen LogP contribution is -2.19. The molecule has 0 atom stereocenters. The molecule has 0 aliphatic heterocycles. The normalized spacial score (nSPS) is 15.0. The largest absolute Gasteiger partial charge is 0.478 e. The van der Waals surface area contributed by atoms with E-state index in [1.165, 1.54) is 12.8 Å². The number of carbonyl (C=O) groups is 1. The van der Waals surface area contributed by atoms with Crippen molar-refractivity contribution >= 4 is 17.3 Å². The lowest BCUT2D eigenvalue weighted by Gasteiger charge is -2.19. The Kier molecular flexibility index (Phi) is 2.26. The third kappa shape index (κ3) is 1.88. The van der Waals surface area contributed by atoms with Crippen LogP contribution >= 0.6 is 0 Å². The standard InChI is InChI=1S/C11H14N2O2/c1-13(7-2-3-7)8-4-5-9(11(14)15)10(12)6-8/h4-7H,2-3,12H2,1H3,(H,14,15). The number of rotatable bonds is 3. The van der Waals surface area contributed by atoms with Gasteiger partial charge >= 0.3 is 5.97 Å². The summed E-state index contributed by atoms with van der Waals surface area (Å²) in [6.07, 6.45) is 2.41. The Balaban J connectivity index is 2.28. The first-order valence-corrected chi connectivity index (χ1v) is 4.95. The molecule has 1 aliphatic rings. The maximum Gasteiger partial charge on any atom is 0.337 e. The molecule has 1 aliphatic carbocycles. The summed E-state index contributed by atoms with van der Waals surface area (Å²) >= 11 is 0. The summed E-state index contributed by atoms with van der Waals surface area (Å²) in [7, 11) is 2.01. The zero-order valence-corrected chi connectivity index (χ0v) is 8.60. The Labute approximate surface area is 88.3 Å². The van der Waals surface area contributed by atoms with Crippen molar-refractivity contribution in [3.05, 3.63) is 23.8 Å². The second-order valence-electron chi connectivity index (χ2n) is 3.92. The number of nitrogens with zero attached hydrogens (tertiary/aromatic N) is 1. The van der Waals surface area contributed by atoms with Gasteiger partial charge in [0.15, 0.2) is 0 Å². The molecule has 1 aromatic carbocycles. The predicted octanol–water partition coefficient (Wildman–Crippen LogP) is 1.57. The maximum atomic E-state index is 10.8. The number of aromatic carboxylic acids is 1. The molecule has 1 aromatic rings. The number of hydrogen-bond donors (Lipinski definition) is 2. The third-order valence-corrected chi connectivity index (χ3v) is 2.77. The molecule has 1 saturated carbocycles. The number of hydrogen-bond acceptors (Lipinski definition) is 3. The van der Waals surface area contributed by atoms with Crippen molar-refractivity contribution in [2.24, 2.45) is 0 Å². The second kappa shape index (κ2) is 3.46. The van der Waals surface area contributed by atoms with Gasteiger partial charge < -0.3 is 15.7 Å². The van der Waals surface area contributed by atoms with Gasteiger partial charge in [0.1, 0.15) is 0 Å². The van der Waals surface area contributed by atoms with Crippen LogP contribution in [0.3, 0.4) is 0 Å². The number of carboxylic acids is 1. The number of benzene rings is 1. The first-order valence-electron chi connectivity index (χ1n) is 4.95. The van der Waals surface area contributed by atoms with Gasteiger partial charge in [-0.15, -0.1) is 0 Å². The fourth-order valence-electron chi connectivity index (χ4n) is 1.64. The predicted molar refractivity (Wildman–Crippen MR) is 59.2 cm³/mol. The van der Waals surface area contributed by atoms with E-state index in [9.17, 15) is 4.79 Å². The quantitative estimate of drug-likeness (QED) is 0.736. The summed E-state index contributed by atoms with van der Waals surface area (Å²) in [6, 6.07) is 5.69. The summed E-state index contributed by atoms with van der Waals surface area (Å²) in [6.45, 7) is 0. The molecule has 0 spiro atoms. The van der Waals surface area contributed by atoms with Crippen molar-refractivity contribution in [3.63, 3.8) is 0 Å². The van der Waals surface area contributed by atoms with Crippen molar-refractivity contribution in [1.82, 2.24) is 0 Å². The topological polar surface area (TPSA) is 66.6 Å². The molecule has 0 bridgehead atoms. The highest BCUT2D eigenvalue weighted by atomic mass is 16.4. The summed E-state index contributed by atoms with van der Waals surface area (Å²) in [5, 5.41) is 8.82. The Morgan fingerprint density at radius 2 is 2.20 bits per heavy atom. The summed E-state index contributed by atoms with van der Waals surface area (Å²) in [4.78, 5) is 12.9. The molecule has 1 fully saturated rings. The van der Waals surface area contributed by atoms with E-state index in [1.54, 1.807) is 18.2 Å². The number of nitrogens with two attached hydrogens (primary N) is 1. The van der Waals surface area contributed by atoms with Gasteiger partial charge in [0.2, 0.25) is 0 Å². The van der Waals surface area contributed by atoms with Crippen LogP contribution in [0.15, 0.2) is 18.2 Å². The molecule has 0 unspecified atom stereocenters. The Morgan fingerprint density at radius 3 is 2.67 bits per heavy atom. The molecule has 4 heteroatoms. The molecule has 0 heterocycles. The first kappa shape index (κ1) is 9.83. The van der Waals surface area contributed by atoms with Crippen LogP contribution in [0.4, 0.5) is 11.4 Å². The van der Waals surface area contributed by atoms with E-state index in [0.29, 0.717) is 11.7 Å². The van der Waals surface area contributed by atoms with E-state index in [0.717, 1.165) is 5.69 Å². The van der Waals surface area contributed by atoms with Crippen LogP contribution in [0.2, 0.25) is 0 Å². The van der Waals surface area contributed by atoms with Gasteiger partial charge in [-0.2, -0.15) is 0 Å². The molecule has 0 aromatic heterocycles. The molecular formula is C11H14N2O2. The smallest absolute Gasteiger partial charge is 0.337 e. The molecule has 2 rings (SSSR count). The van der Waals surface area contributed by atoms with Crippen LogP contribution in [-0.2, 0) is 0 Å². The molecular weight excluding hydrogens is 192 g/mol. The van der Waals surface area contributed by atoms with Crippen LogP contribution in [0, 0.1) is 0 Å². The maximum absolute atomic E-state index is 10.8.